The molecule has 0 radical (unpaired) electrons. The van der Waals surface area contributed by atoms with Gasteiger partial charge >= 0.3 is 0 Å². The van der Waals surface area contributed by atoms with E-state index in [9.17, 15) is 4.39 Å². The average Bonchev–Trinajstić information content (AvgIpc) is 2.03. The first kappa shape index (κ1) is 9.99. The molecule has 0 heterocycles. The largest absolute Gasteiger partial charge is 0.392 e. The van der Waals surface area contributed by atoms with E-state index in [1.165, 1.54) is 12.1 Å². The summed E-state index contributed by atoms with van der Waals surface area (Å²) < 4.78 is 12.8. The minimum absolute atomic E-state index is 0.255. The molecule has 0 fully saturated rings. The Morgan fingerprint density at radius 2 is 2.23 bits per heavy atom. The SMILES string of the molecule is C[C@@H](O)CN(C)c1cccc(F)c1. The minimum atomic E-state index is -0.409. The molecular weight excluding hydrogens is 169 g/mol. The third-order valence-electron chi connectivity index (χ3n) is 1.79. The van der Waals surface area contributed by atoms with Crippen LogP contribution in [0.4, 0.5) is 10.1 Å². The monoisotopic (exact) mass is 183 g/mol. The smallest absolute Gasteiger partial charge is 0.125 e. The van der Waals surface area contributed by atoms with Crippen molar-refractivity contribution in [2.45, 2.75) is 13.0 Å². The van der Waals surface area contributed by atoms with Crippen LogP contribution in [0.15, 0.2) is 24.3 Å². The lowest BCUT2D eigenvalue weighted by Crippen LogP contribution is -2.26. The van der Waals surface area contributed by atoms with Gasteiger partial charge < -0.3 is 10.0 Å². The molecule has 1 aromatic carbocycles. The molecule has 1 aromatic rings. The van der Waals surface area contributed by atoms with Gasteiger partial charge in [-0.3, -0.25) is 0 Å². The summed E-state index contributed by atoms with van der Waals surface area (Å²) in [7, 11) is 1.82. The number of hydrogen-bond acceptors (Lipinski definition) is 2. The molecule has 0 amide bonds. The molecule has 72 valence electrons. The van der Waals surface area contributed by atoms with Crippen LogP contribution in [0.2, 0.25) is 0 Å². The zero-order chi connectivity index (χ0) is 9.84. The average molecular weight is 183 g/mol. The lowest BCUT2D eigenvalue weighted by atomic mass is 10.2. The summed E-state index contributed by atoms with van der Waals surface area (Å²) in [6.45, 7) is 2.21. The standard InChI is InChI=1S/C10H14FNO/c1-8(13)7-12(2)10-5-3-4-9(11)6-10/h3-6,8,13H,7H2,1-2H3/t8-/m1/s1. The van der Waals surface area contributed by atoms with Crippen LogP contribution in [0.1, 0.15) is 6.92 Å². The summed E-state index contributed by atoms with van der Waals surface area (Å²) in [5, 5.41) is 9.12. The summed E-state index contributed by atoms with van der Waals surface area (Å²) in [5.74, 6) is -0.255. The number of halogens is 1. The Balaban J connectivity index is 2.71. The van der Waals surface area contributed by atoms with Gasteiger partial charge in [0.15, 0.2) is 0 Å². The first-order valence-electron chi connectivity index (χ1n) is 4.24. The highest BCUT2D eigenvalue weighted by molar-refractivity contribution is 5.45. The fraction of sp³-hybridized carbons (Fsp3) is 0.400. The highest BCUT2D eigenvalue weighted by atomic mass is 19.1. The highest BCUT2D eigenvalue weighted by Crippen LogP contribution is 2.13. The van der Waals surface area contributed by atoms with E-state index in [1.807, 2.05) is 18.0 Å². The Hall–Kier alpha value is -1.09. The van der Waals surface area contributed by atoms with Gasteiger partial charge in [0.2, 0.25) is 0 Å². The van der Waals surface area contributed by atoms with Gasteiger partial charge in [-0.05, 0) is 25.1 Å². The van der Waals surface area contributed by atoms with Gasteiger partial charge in [0.05, 0.1) is 6.10 Å². The van der Waals surface area contributed by atoms with Gasteiger partial charge in [-0.15, -0.1) is 0 Å². The van der Waals surface area contributed by atoms with Crippen LogP contribution in [-0.4, -0.2) is 24.8 Å². The predicted octanol–water partition coefficient (Wildman–Crippen LogP) is 1.64. The van der Waals surface area contributed by atoms with Crippen LogP contribution in [0.3, 0.4) is 0 Å². The van der Waals surface area contributed by atoms with Crippen LogP contribution in [0.5, 0.6) is 0 Å². The van der Waals surface area contributed by atoms with Crippen molar-refractivity contribution in [2.75, 3.05) is 18.5 Å². The predicted molar refractivity (Wildman–Crippen MR) is 51.4 cm³/mol. The fourth-order valence-corrected chi connectivity index (χ4v) is 1.22. The van der Waals surface area contributed by atoms with E-state index in [0.717, 1.165) is 5.69 Å². The van der Waals surface area contributed by atoms with Crippen LogP contribution < -0.4 is 4.90 Å². The molecule has 0 aliphatic heterocycles. The zero-order valence-corrected chi connectivity index (χ0v) is 7.87. The number of anilines is 1. The van der Waals surface area contributed by atoms with Gasteiger partial charge in [-0.2, -0.15) is 0 Å². The number of rotatable bonds is 3. The van der Waals surface area contributed by atoms with E-state index in [0.29, 0.717) is 6.54 Å². The normalized spacial score (nSPS) is 12.6. The van der Waals surface area contributed by atoms with Crippen molar-refractivity contribution >= 4 is 5.69 Å². The second-order valence-corrected chi connectivity index (χ2v) is 3.21. The fourth-order valence-electron chi connectivity index (χ4n) is 1.22. The molecule has 3 heteroatoms. The molecule has 0 bridgehead atoms. The Morgan fingerprint density at radius 1 is 1.54 bits per heavy atom. The number of aliphatic hydroxyl groups is 1. The number of hydrogen-bond donors (Lipinski definition) is 1. The van der Waals surface area contributed by atoms with Crippen molar-refractivity contribution in [3.63, 3.8) is 0 Å². The third-order valence-corrected chi connectivity index (χ3v) is 1.79. The van der Waals surface area contributed by atoms with Crippen molar-refractivity contribution in [3.8, 4) is 0 Å². The summed E-state index contributed by atoms with van der Waals surface area (Å²) in [6.07, 6.45) is -0.409. The molecule has 2 nitrogen and oxygen atoms in total. The number of benzene rings is 1. The van der Waals surface area contributed by atoms with Crippen molar-refractivity contribution in [3.05, 3.63) is 30.1 Å². The van der Waals surface area contributed by atoms with Crippen LogP contribution in [0.25, 0.3) is 0 Å². The Labute approximate surface area is 77.6 Å². The molecule has 1 N–H and O–H groups in total. The van der Waals surface area contributed by atoms with Crippen molar-refractivity contribution in [1.29, 1.82) is 0 Å². The zero-order valence-electron chi connectivity index (χ0n) is 7.87. The molecule has 0 saturated heterocycles. The maximum Gasteiger partial charge on any atom is 0.125 e. The molecule has 0 unspecified atom stereocenters. The first-order chi connectivity index (χ1) is 6.09. The summed E-state index contributed by atoms with van der Waals surface area (Å²) in [4.78, 5) is 1.81. The maximum absolute atomic E-state index is 12.8. The van der Waals surface area contributed by atoms with E-state index in [-0.39, 0.29) is 5.82 Å². The summed E-state index contributed by atoms with van der Waals surface area (Å²) in [6, 6.07) is 6.32. The Kier molecular flexibility index (Phi) is 3.25. The van der Waals surface area contributed by atoms with Crippen molar-refractivity contribution in [2.24, 2.45) is 0 Å². The van der Waals surface area contributed by atoms with Crippen LogP contribution >= 0.6 is 0 Å². The first-order valence-corrected chi connectivity index (χ1v) is 4.24. The Morgan fingerprint density at radius 3 is 2.77 bits per heavy atom. The van der Waals surface area contributed by atoms with Crippen molar-refractivity contribution in [1.82, 2.24) is 0 Å². The van der Waals surface area contributed by atoms with Crippen LogP contribution in [0, 0.1) is 5.82 Å². The molecule has 0 aliphatic rings. The van der Waals surface area contributed by atoms with E-state index < -0.39 is 6.10 Å². The second kappa shape index (κ2) is 4.23. The molecular formula is C10H14FNO. The topological polar surface area (TPSA) is 23.5 Å². The van der Waals surface area contributed by atoms with E-state index in [4.69, 9.17) is 5.11 Å². The number of nitrogens with zero attached hydrogens (tertiary/aromatic N) is 1. The van der Waals surface area contributed by atoms with Crippen LogP contribution in [-0.2, 0) is 0 Å². The molecule has 13 heavy (non-hydrogen) atoms. The van der Waals surface area contributed by atoms with Crippen molar-refractivity contribution < 1.29 is 9.50 Å². The third kappa shape index (κ3) is 3.03. The minimum Gasteiger partial charge on any atom is -0.392 e. The lowest BCUT2D eigenvalue weighted by molar-refractivity contribution is 0.201. The molecule has 0 aromatic heterocycles. The van der Waals surface area contributed by atoms with E-state index in [1.54, 1.807) is 13.0 Å². The van der Waals surface area contributed by atoms with Gasteiger partial charge in [-0.25, -0.2) is 4.39 Å². The Bertz CT molecular complexity index is 275. The van der Waals surface area contributed by atoms with E-state index in [2.05, 4.69) is 0 Å². The number of aliphatic hydroxyl groups excluding tert-OH is 1. The second-order valence-electron chi connectivity index (χ2n) is 3.21. The van der Waals surface area contributed by atoms with Gasteiger partial charge in [-0.1, -0.05) is 6.07 Å². The van der Waals surface area contributed by atoms with Gasteiger partial charge in [0.25, 0.3) is 0 Å². The summed E-state index contributed by atoms with van der Waals surface area (Å²) >= 11 is 0. The van der Waals surface area contributed by atoms with Gasteiger partial charge in [0, 0.05) is 19.3 Å². The lowest BCUT2D eigenvalue weighted by Gasteiger charge is -2.20. The molecule has 0 aliphatic carbocycles. The number of likely N-dealkylation sites (N-methyl/N-ethyl adjacent to an activating group) is 1. The molecule has 0 saturated carbocycles. The van der Waals surface area contributed by atoms with E-state index >= 15 is 0 Å². The summed E-state index contributed by atoms with van der Waals surface area (Å²) in [5.41, 5.74) is 0.779. The van der Waals surface area contributed by atoms with Gasteiger partial charge in [0.1, 0.15) is 5.82 Å². The maximum atomic E-state index is 12.8. The highest BCUT2D eigenvalue weighted by Gasteiger charge is 2.04. The molecule has 1 atom stereocenters. The quantitative estimate of drug-likeness (QED) is 0.770. The molecule has 1 rings (SSSR count). The molecule has 0 spiro atoms.